The number of aromatic nitrogens is 3. The van der Waals surface area contributed by atoms with Gasteiger partial charge in [-0.15, -0.1) is 0 Å². The van der Waals surface area contributed by atoms with Crippen LogP contribution in [0.5, 0.6) is 0 Å². The van der Waals surface area contributed by atoms with E-state index in [4.69, 9.17) is 0 Å². The zero-order valence-electron chi connectivity index (χ0n) is 19.0. The molecule has 1 amide bonds. The van der Waals surface area contributed by atoms with Gasteiger partial charge in [0.25, 0.3) is 11.5 Å². The molecule has 2 aromatic rings. The average molecular weight is 460 g/mol. The number of hydrogen-bond donors (Lipinski definition) is 0. The van der Waals surface area contributed by atoms with E-state index < -0.39 is 0 Å². The molecule has 0 unspecified atom stereocenters. The van der Waals surface area contributed by atoms with E-state index >= 15 is 0 Å². The van der Waals surface area contributed by atoms with E-state index in [0.29, 0.717) is 60.9 Å². The lowest BCUT2D eigenvalue weighted by Gasteiger charge is -2.36. The van der Waals surface area contributed by atoms with E-state index in [1.54, 1.807) is 29.4 Å². The van der Waals surface area contributed by atoms with Gasteiger partial charge in [0.2, 0.25) is 0 Å². The second-order valence-electron chi connectivity index (χ2n) is 8.46. The van der Waals surface area contributed by atoms with Crippen LogP contribution in [0.15, 0.2) is 71.8 Å². The summed E-state index contributed by atoms with van der Waals surface area (Å²) in [6, 6.07) is 15.9. The van der Waals surface area contributed by atoms with E-state index in [2.05, 4.69) is 5.10 Å². The highest BCUT2D eigenvalue weighted by atomic mass is 19.1. The molecule has 174 valence electrons. The molecule has 3 aliphatic rings. The van der Waals surface area contributed by atoms with Gasteiger partial charge in [-0.25, -0.2) is 4.39 Å². The van der Waals surface area contributed by atoms with Crippen LogP contribution in [0.3, 0.4) is 0 Å². The minimum atomic E-state index is -0.262. The molecule has 0 N–H and O–H groups in total. The summed E-state index contributed by atoms with van der Waals surface area (Å²) in [7, 11) is 0. The third-order valence-electron chi connectivity index (χ3n) is 6.20. The quantitative estimate of drug-likeness (QED) is 0.457. The molecule has 0 bridgehead atoms. The maximum absolute atomic E-state index is 14.2. The Morgan fingerprint density at radius 1 is 0.971 bits per heavy atom. The van der Waals surface area contributed by atoms with Crippen molar-refractivity contribution < 1.29 is 9.18 Å². The Morgan fingerprint density at radius 3 is 2.38 bits per heavy atom. The molecule has 8 heteroatoms. The van der Waals surface area contributed by atoms with Crippen molar-refractivity contribution in [2.75, 3.05) is 31.1 Å². The number of fused-ring (bicyclic) bond motifs is 1. The number of carbonyl (C=O) groups is 1. The maximum Gasteiger partial charge on any atom is 0.282 e. The summed E-state index contributed by atoms with van der Waals surface area (Å²) < 4.78 is 17.4. The van der Waals surface area contributed by atoms with Gasteiger partial charge in [0.05, 0.1) is 22.5 Å². The molecule has 1 fully saturated rings. The van der Waals surface area contributed by atoms with Crippen LogP contribution in [0, 0.1) is 5.82 Å². The zero-order valence-corrected chi connectivity index (χ0v) is 19.0. The molecule has 0 aromatic heterocycles. The van der Waals surface area contributed by atoms with Crippen LogP contribution in [0.4, 0.5) is 10.1 Å². The minimum Gasteiger partial charge on any atom is -0.366 e. The summed E-state index contributed by atoms with van der Waals surface area (Å²) in [4.78, 5) is 30.5. The highest BCUT2D eigenvalue weighted by molar-refractivity contribution is 6.00. The van der Waals surface area contributed by atoms with Gasteiger partial charge < -0.3 is 14.4 Å². The van der Waals surface area contributed by atoms with Crippen molar-refractivity contribution in [1.82, 2.24) is 19.2 Å². The Bertz CT molecular complexity index is 1340. The fourth-order valence-corrected chi connectivity index (χ4v) is 4.48. The molecule has 3 heterocycles. The van der Waals surface area contributed by atoms with Crippen LogP contribution in [0.2, 0.25) is 0 Å². The number of pyridine rings is 1. The van der Waals surface area contributed by atoms with Crippen molar-refractivity contribution in [1.29, 1.82) is 0 Å². The fraction of sp³-hybridized carbons (Fsp3) is 0.269. The first kappa shape index (κ1) is 21.9. The number of aryl methyl sites for hydroxylation is 1. The van der Waals surface area contributed by atoms with Crippen molar-refractivity contribution in [2.24, 2.45) is 0 Å². The minimum absolute atomic E-state index is 0.165. The molecule has 0 radical (unpaired) electrons. The summed E-state index contributed by atoms with van der Waals surface area (Å²) in [5, 5.41) is 4.56. The third kappa shape index (κ3) is 3.96. The lowest BCUT2D eigenvalue weighted by atomic mass is 10.1. The summed E-state index contributed by atoms with van der Waals surface area (Å²) >= 11 is 0. The molecular weight excluding hydrogens is 433 g/mol. The Kier molecular flexibility index (Phi) is 5.88. The molecule has 2 aromatic carbocycles. The molecule has 0 aliphatic carbocycles. The highest BCUT2D eigenvalue weighted by Crippen LogP contribution is 2.25. The number of anilines is 1. The van der Waals surface area contributed by atoms with Gasteiger partial charge in [-0.1, -0.05) is 37.3 Å². The van der Waals surface area contributed by atoms with Crippen LogP contribution in [-0.2, 0) is 6.54 Å². The number of piperazine rings is 1. The predicted octanol–water partition coefficient (Wildman–Crippen LogP) is 3.65. The van der Waals surface area contributed by atoms with Gasteiger partial charge in [0.15, 0.2) is 0 Å². The van der Waals surface area contributed by atoms with Gasteiger partial charge in [-0.3, -0.25) is 9.59 Å². The SMILES string of the molecule is CCCn1cc(C(=O)N2CCN(c3ccccc3F)CC2)c2nn(-c3ccccc3)c(=O)c-2c1. The molecule has 5 rings (SSSR count). The van der Waals surface area contributed by atoms with Crippen molar-refractivity contribution in [3.8, 4) is 16.9 Å². The number of hydrogen-bond acceptors (Lipinski definition) is 4. The summed E-state index contributed by atoms with van der Waals surface area (Å²) in [5.41, 5.74) is 2.20. The van der Waals surface area contributed by atoms with Crippen LogP contribution in [0.25, 0.3) is 16.9 Å². The summed E-state index contributed by atoms with van der Waals surface area (Å²) in [6.45, 7) is 4.72. The molecule has 0 saturated carbocycles. The van der Waals surface area contributed by atoms with Gasteiger partial charge in [0.1, 0.15) is 11.5 Å². The Labute approximate surface area is 197 Å². The van der Waals surface area contributed by atoms with E-state index in [9.17, 15) is 14.0 Å². The number of carbonyl (C=O) groups excluding carboxylic acids is 1. The van der Waals surface area contributed by atoms with Gasteiger partial charge >= 0.3 is 0 Å². The number of nitrogens with zero attached hydrogens (tertiary/aromatic N) is 5. The standard InChI is InChI=1S/C26H26FN5O2/c1-2-12-29-17-20(24-21(18-29)26(34)32(28-24)19-8-4-3-5-9-19)25(33)31-15-13-30(14-16-31)23-11-7-6-10-22(23)27/h3-11,17-18H,2,12-16H2,1H3. The number of para-hydroxylation sites is 2. The van der Waals surface area contributed by atoms with Crippen LogP contribution in [0.1, 0.15) is 23.7 Å². The summed E-state index contributed by atoms with van der Waals surface area (Å²) in [6.07, 6.45) is 4.44. The van der Waals surface area contributed by atoms with Crippen molar-refractivity contribution in [3.63, 3.8) is 0 Å². The van der Waals surface area contributed by atoms with Crippen LogP contribution in [-0.4, -0.2) is 51.3 Å². The lowest BCUT2D eigenvalue weighted by molar-refractivity contribution is 0.0746. The topological polar surface area (TPSA) is 63.4 Å². The predicted molar refractivity (Wildman–Crippen MR) is 129 cm³/mol. The van der Waals surface area contributed by atoms with Crippen molar-refractivity contribution in [3.05, 3.63) is 88.7 Å². The molecule has 0 spiro atoms. The molecule has 3 aliphatic heterocycles. The van der Waals surface area contributed by atoms with Crippen LogP contribution < -0.4 is 10.5 Å². The molecule has 0 atom stereocenters. The van der Waals surface area contributed by atoms with E-state index in [1.807, 2.05) is 52.8 Å². The first-order chi connectivity index (χ1) is 16.6. The van der Waals surface area contributed by atoms with Crippen LogP contribution >= 0.6 is 0 Å². The molecule has 34 heavy (non-hydrogen) atoms. The number of halogens is 1. The number of benzene rings is 2. The maximum atomic E-state index is 14.2. The lowest BCUT2D eigenvalue weighted by Crippen LogP contribution is -2.49. The van der Waals surface area contributed by atoms with Crippen molar-refractivity contribution in [2.45, 2.75) is 19.9 Å². The van der Waals surface area contributed by atoms with E-state index in [-0.39, 0.29) is 17.3 Å². The fourth-order valence-electron chi connectivity index (χ4n) is 4.48. The van der Waals surface area contributed by atoms with E-state index in [0.717, 1.165) is 6.42 Å². The second-order valence-corrected chi connectivity index (χ2v) is 8.46. The number of rotatable bonds is 5. The zero-order chi connectivity index (χ0) is 23.7. The third-order valence-corrected chi connectivity index (χ3v) is 6.20. The number of amides is 1. The summed E-state index contributed by atoms with van der Waals surface area (Å²) in [5.74, 6) is -0.427. The first-order valence-corrected chi connectivity index (χ1v) is 11.5. The van der Waals surface area contributed by atoms with Crippen molar-refractivity contribution >= 4 is 11.6 Å². The Morgan fingerprint density at radius 2 is 1.68 bits per heavy atom. The van der Waals surface area contributed by atoms with Gasteiger partial charge in [-0.05, 0) is 30.7 Å². The second kappa shape index (κ2) is 9.13. The average Bonchev–Trinajstić information content (AvgIpc) is 3.21. The van der Waals surface area contributed by atoms with E-state index in [1.165, 1.54) is 10.7 Å². The largest absolute Gasteiger partial charge is 0.366 e. The smallest absolute Gasteiger partial charge is 0.282 e. The first-order valence-electron chi connectivity index (χ1n) is 11.5. The highest BCUT2D eigenvalue weighted by Gasteiger charge is 2.29. The van der Waals surface area contributed by atoms with Gasteiger partial charge in [-0.2, -0.15) is 9.78 Å². The molecular formula is C26H26FN5O2. The normalized spacial score (nSPS) is 14.1. The Balaban J connectivity index is 1.47. The molecule has 1 saturated heterocycles. The van der Waals surface area contributed by atoms with Gasteiger partial charge in [0, 0.05) is 45.1 Å². The molecule has 7 nitrogen and oxygen atoms in total. The Hall–Kier alpha value is -3.94. The monoisotopic (exact) mass is 459 g/mol.